The number of aromatic hydroxyl groups is 1. The first-order valence-electron chi connectivity index (χ1n) is 6.24. The molecule has 0 aliphatic carbocycles. The molecule has 106 valence electrons. The van der Waals surface area contributed by atoms with Crippen LogP contribution in [-0.4, -0.2) is 22.7 Å². The van der Waals surface area contributed by atoms with Crippen LogP contribution in [0.25, 0.3) is 0 Å². The lowest BCUT2D eigenvalue weighted by Gasteiger charge is -2.22. The van der Waals surface area contributed by atoms with Crippen molar-refractivity contribution in [3.05, 3.63) is 51.7 Å². The van der Waals surface area contributed by atoms with Gasteiger partial charge in [0.15, 0.2) is 0 Å². The molecule has 0 saturated heterocycles. The number of hydrogen-bond acceptors (Lipinski definition) is 4. The van der Waals surface area contributed by atoms with E-state index in [0.29, 0.717) is 0 Å². The lowest BCUT2D eigenvalue weighted by atomic mass is 10.0. The van der Waals surface area contributed by atoms with Gasteiger partial charge in [-0.05, 0) is 37.4 Å². The molecule has 0 bridgehead atoms. The molecule has 5 heteroatoms. The van der Waals surface area contributed by atoms with Gasteiger partial charge in [0.05, 0.1) is 12.1 Å². The third-order valence-electron chi connectivity index (χ3n) is 3.04. The van der Waals surface area contributed by atoms with E-state index in [1.807, 2.05) is 24.4 Å². The second kappa shape index (κ2) is 5.64. The lowest BCUT2D eigenvalue weighted by molar-refractivity contribution is 0.0556. The Balaban J connectivity index is 2.07. The number of hydrogen-bond donors (Lipinski definition) is 3. The molecule has 0 aliphatic heterocycles. The molecule has 0 radical (unpaired) electrons. The number of aliphatic hydroxyl groups is 1. The number of phenolic OH excluding ortho intramolecular Hbond substituents is 1. The van der Waals surface area contributed by atoms with Crippen LogP contribution in [0.15, 0.2) is 35.7 Å². The SMILES string of the molecule is Cc1ccc(O)c(C(=O)NCC(C)(O)c2cccs2)c1. The highest BCUT2D eigenvalue weighted by molar-refractivity contribution is 7.10. The quantitative estimate of drug-likeness (QED) is 0.810. The topological polar surface area (TPSA) is 69.6 Å². The van der Waals surface area contributed by atoms with E-state index in [1.165, 1.54) is 17.4 Å². The van der Waals surface area contributed by atoms with E-state index < -0.39 is 11.5 Å². The summed E-state index contributed by atoms with van der Waals surface area (Å²) in [6, 6.07) is 8.50. The van der Waals surface area contributed by atoms with Gasteiger partial charge in [0, 0.05) is 4.88 Å². The Kier molecular flexibility index (Phi) is 4.11. The standard InChI is InChI=1S/C15H17NO3S/c1-10-5-6-12(17)11(8-10)14(18)16-9-15(2,19)13-4-3-7-20-13/h3-8,17,19H,9H2,1-2H3,(H,16,18). The fourth-order valence-electron chi connectivity index (χ4n) is 1.85. The van der Waals surface area contributed by atoms with Crippen molar-refractivity contribution < 1.29 is 15.0 Å². The van der Waals surface area contributed by atoms with Gasteiger partial charge in [-0.1, -0.05) is 17.7 Å². The maximum atomic E-state index is 12.1. The summed E-state index contributed by atoms with van der Waals surface area (Å²) < 4.78 is 0. The number of thiophene rings is 1. The first-order chi connectivity index (χ1) is 9.40. The fraction of sp³-hybridized carbons (Fsp3) is 0.267. The number of benzene rings is 1. The van der Waals surface area contributed by atoms with Crippen molar-refractivity contribution in [2.45, 2.75) is 19.4 Å². The molecule has 1 aromatic carbocycles. The Labute approximate surface area is 121 Å². The van der Waals surface area contributed by atoms with Crippen LogP contribution in [0.3, 0.4) is 0 Å². The van der Waals surface area contributed by atoms with E-state index in [9.17, 15) is 15.0 Å². The Bertz CT molecular complexity index is 606. The molecule has 0 saturated carbocycles. The summed E-state index contributed by atoms with van der Waals surface area (Å²) in [6.45, 7) is 3.58. The molecule has 4 nitrogen and oxygen atoms in total. The minimum atomic E-state index is -1.12. The summed E-state index contributed by atoms with van der Waals surface area (Å²) in [5.74, 6) is -0.466. The number of carbonyl (C=O) groups excluding carboxylic acids is 1. The third-order valence-corrected chi connectivity index (χ3v) is 4.16. The summed E-state index contributed by atoms with van der Waals surface area (Å²) in [5, 5.41) is 24.6. The highest BCUT2D eigenvalue weighted by atomic mass is 32.1. The number of amides is 1. The molecule has 20 heavy (non-hydrogen) atoms. The second-order valence-electron chi connectivity index (χ2n) is 4.95. The van der Waals surface area contributed by atoms with E-state index >= 15 is 0 Å². The number of aryl methyl sites for hydroxylation is 1. The highest BCUT2D eigenvalue weighted by Crippen LogP contribution is 2.25. The van der Waals surface area contributed by atoms with Crippen molar-refractivity contribution in [1.82, 2.24) is 5.32 Å². The summed E-state index contributed by atoms with van der Waals surface area (Å²) in [4.78, 5) is 12.8. The van der Waals surface area contributed by atoms with Crippen molar-refractivity contribution >= 4 is 17.2 Å². The second-order valence-corrected chi connectivity index (χ2v) is 5.90. The van der Waals surface area contributed by atoms with Crippen LogP contribution >= 0.6 is 11.3 Å². The Hall–Kier alpha value is -1.85. The molecule has 1 amide bonds. The molecule has 0 fully saturated rings. The van der Waals surface area contributed by atoms with Gasteiger partial charge in [-0.2, -0.15) is 0 Å². The first-order valence-corrected chi connectivity index (χ1v) is 7.12. The smallest absolute Gasteiger partial charge is 0.255 e. The minimum Gasteiger partial charge on any atom is -0.507 e. The van der Waals surface area contributed by atoms with Crippen molar-refractivity contribution in [3.8, 4) is 5.75 Å². The molecule has 1 unspecified atom stereocenters. The largest absolute Gasteiger partial charge is 0.507 e. The third kappa shape index (κ3) is 3.18. The molecule has 1 heterocycles. The van der Waals surface area contributed by atoms with Crippen LogP contribution in [-0.2, 0) is 5.60 Å². The van der Waals surface area contributed by atoms with Crippen LogP contribution in [0.2, 0.25) is 0 Å². The predicted octanol–water partition coefficient (Wildman–Crippen LogP) is 2.40. The van der Waals surface area contributed by atoms with Crippen LogP contribution < -0.4 is 5.32 Å². The molecule has 2 aromatic rings. The molecule has 3 N–H and O–H groups in total. The van der Waals surface area contributed by atoms with E-state index in [-0.39, 0.29) is 17.9 Å². The molecule has 1 aromatic heterocycles. The molecular weight excluding hydrogens is 274 g/mol. The molecular formula is C15H17NO3S. The number of phenols is 1. The average molecular weight is 291 g/mol. The van der Waals surface area contributed by atoms with Gasteiger partial charge in [0.25, 0.3) is 5.91 Å². The van der Waals surface area contributed by atoms with Crippen molar-refractivity contribution in [2.75, 3.05) is 6.54 Å². The maximum absolute atomic E-state index is 12.1. The van der Waals surface area contributed by atoms with Gasteiger partial charge >= 0.3 is 0 Å². The van der Waals surface area contributed by atoms with E-state index in [4.69, 9.17) is 0 Å². The van der Waals surface area contributed by atoms with Crippen LogP contribution in [0.4, 0.5) is 0 Å². The zero-order valence-electron chi connectivity index (χ0n) is 11.4. The number of rotatable bonds is 4. The van der Waals surface area contributed by atoms with Gasteiger partial charge in [-0.15, -0.1) is 11.3 Å². The van der Waals surface area contributed by atoms with Gasteiger partial charge in [-0.3, -0.25) is 4.79 Å². The fourth-order valence-corrected chi connectivity index (χ4v) is 2.64. The van der Waals surface area contributed by atoms with Crippen LogP contribution in [0.5, 0.6) is 5.75 Å². The number of nitrogens with one attached hydrogen (secondary N) is 1. The predicted molar refractivity (Wildman–Crippen MR) is 79.1 cm³/mol. The van der Waals surface area contributed by atoms with Crippen LogP contribution in [0, 0.1) is 6.92 Å². The van der Waals surface area contributed by atoms with Gasteiger partial charge in [-0.25, -0.2) is 0 Å². The summed E-state index contributed by atoms with van der Waals surface area (Å²) in [5.41, 5.74) is -0.0200. The van der Waals surface area contributed by atoms with E-state index in [0.717, 1.165) is 10.4 Å². The first kappa shape index (κ1) is 14.6. The van der Waals surface area contributed by atoms with E-state index in [1.54, 1.807) is 19.1 Å². The van der Waals surface area contributed by atoms with Crippen molar-refractivity contribution in [2.24, 2.45) is 0 Å². The highest BCUT2D eigenvalue weighted by Gasteiger charge is 2.25. The normalized spacial score (nSPS) is 13.8. The summed E-state index contributed by atoms with van der Waals surface area (Å²) in [7, 11) is 0. The summed E-state index contributed by atoms with van der Waals surface area (Å²) >= 11 is 1.43. The molecule has 0 aliphatic rings. The van der Waals surface area contributed by atoms with E-state index in [2.05, 4.69) is 5.32 Å². The Morgan fingerprint density at radius 3 is 2.80 bits per heavy atom. The average Bonchev–Trinajstić information content (AvgIpc) is 2.93. The Morgan fingerprint density at radius 2 is 2.15 bits per heavy atom. The van der Waals surface area contributed by atoms with Gasteiger partial charge < -0.3 is 15.5 Å². The molecule has 2 rings (SSSR count). The monoisotopic (exact) mass is 291 g/mol. The Morgan fingerprint density at radius 1 is 1.40 bits per heavy atom. The summed E-state index contributed by atoms with van der Waals surface area (Å²) in [6.07, 6.45) is 0. The van der Waals surface area contributed by atoms with Gasteiger partial charge in [0.2, 0.25) is 0 Å². The maximum Gasteiger partial charge on any atom is 0.255 e. The van der Waals surface area contributed by atoms with Crippen molar-refractivity contribution in [1.29, 1.82) is 0 Å². The molecule has 1 atom stereocenters. The zero-order valence-corrected chi connectivity index (χ0v) is 12.2. The minimum absolute atomic E-state index is 0.0659. The van der Waals surface area contributed by atoms with Gasteiger partial charge in [0.1, 0.15) is 11.4 Å². The van der Waals surface area contributed by atoms with Crippen LogP contribution in [0.1, 0.15) is 27.7 Å². The van der Waals surface area contributed by atoms with Crippen molar-refractivity contribution in [3.63, 3.8) is 0 Å². The zero-order chi connectivity index (χ0) is 14.8. The molecule has 0 spiro atoms. The lowest BCUT2D eigenvalue weighted by Crippen LogP contribution is -2.38. The number of carbonyl (C=O) groups is 1.